The second-order valence-corrected chi connectivity index (χ2v) is 5.34. The summed E-state index contributed by atoms with van der Waals surface area (Å²) < 4.78 is 11.2. The lowest BCUT2D eigenvalue weighted by atomic mass is 9.88. The molecule has 1 saturated carbocycles. The van der Waals surface area contributed by atoms with Gasteiger partial charge in [0.25, 0.3) is 0 Å². The molecule has 0 amide bonds. The zero-order valence-corrected chi connectivity index (χ0v) is 11.1. The second-order valence-electron chi connectivity index (χ2n) is 5.34. The summed E-state index contributed by atoms with van der Waals surface area (Å²) >= 11 is 0. The highest BCUT2D eigenvalue weighted by molar-refractivity contribution is 5.45. The van der Waals surface area contributed by atoms with Crippen LogP contribution in [0.15, 0.2) is 18.2 Å². The second kappa shape index (κ2) is 4.81. The van der Waals surface area contributed by atoms with Crippen LogP contribution in [0.4, 0.5) is 0 Å². The maximum absolute atomic E-state index is 5.67. The van der Waals surface area contributed by atoms with Gasteiger partial charge < -0.3 is 14.8 Å². The van der Waals surface area contributed by atoms with Gasteiger partial charge in [-0.15, -0.1) is 0 Å². The van der Waals surface area contributed by atoms with Gasteiger partial charge >= 0.3 is 0 Å². The summed E-state index contributed by atoms with van der Waals surface area (Å²) in [5.41, 5.74) is 1.39. The normalized spacial score (nSPS) is 30.4. The molecule has 1 N–H and O–H groups in total. The van der Waals surface area contributed by atoms with Crippen LogP contribution in [0.25, 0.3) is 0 Å². The molecular formula is C15H21NO2. The standard InChI is InChI=1S/C15H21NO2/c1-10-12(4-5-13(10)16-2)11-3-6-14-15(9-11)18-8-7-17-14/h3,6,9-10,12-13,16H,4-5,7-8H2,1-2H3. The number of ether oxygens (including phenoxy) is 2. The Morgan fingerprint density at radius 2 is 1.89 bits per heavy atom. The van der Waals surface area contributed by atoms with Crippen molar-refractivity contribution < 1.29 is 9.47 Å². The highest BCUT2D eigenvalue weighted by atomic mass is 16.6. The lowest BCUT2D eigenvalue weighted by Gasteiger charge is -2.23. The van der Waals surface area contributed by atoms with E-state index in [4.69, 9.17) is 9.47 Å². The Morgan fingerprint density at radius 1 is 1.11 bits per heavy atom. The zero-order valence-electron chi connectivity index (χ0n) is 11.1. The van der Waals surface area contributed by atoms with Crippen LogP contribution in [-0.2, 0) is 0 Å². The van der Waals surface area contributed by atoms with E-state index >= 15 is 0 Å². The van der Waals surface area contributed by atoms with Crippen LogP contribution in [0, 0.1) is 5.92 Å². The van der Waals surface area contributed by atoms with E-state index in [2.05, 4.69) is 37.5 Å². The third-order valence-corrected chi connectivity index (χ3v) is 4.42. The molecule has 3 atom stereocenters. The van der Waals surface area contributed by atoms with E-state index in [1.54, 1.807) is 0 Å². The molecule has 1 aliphatic heterocycles. The average molecular weight is 247 g/mol. The fraction of sp³-hybridized carbons (Fsp3) is 0.600. The van der Waals surface area contributed by atoms with Crippen LogP contribution in [-0.4, -0.2) is 26.3 Å². The van der Waals surface area contributed by atoms with Gasteiger partial charge in [-0.1, -0.05) is 13.0 Å². The Kier molecular flexibility index (Phi) is 3.16. The Bertz CT molecular complexity index is 433. The van der Waals surface area contributed by atoms with Crippen molar-refractivity contribution >= 4 is 0 Å². The quantitative estimate of drug-likeness (QED) is 0.871. The molecular weight excluding hydrogens is 226 g/mol. The zero-order chi connectivity index (χ0) is 12.5. The third kappa shape index (κ3) is 1.97. The smallest absolute Gasteiger partial charge is 0.161 e. The lowest BCUT2D eigenvalue weighted by Crippen LogP contribution is -2.28. The molecule has 3 heteroatoms. The Labute approximate surface area is 108 Å². The topological polar surface area (TPSA) is 30.5 Å². The van der Waals surface area contributed by atoms with E-state index < -0.39 is 0 Å². The molecule has 0 aromatic heterocycles. The fourth-order valence-corrected chi connectivity index (χ4v) is 3.33. The van der Waals surface area contributed by atoms with Crippen molar-refractivity contribution in [3.8, 4) is 11.5 Å². The van der Waals surface area contributed by atoms with Gasteiger partial charge in [-0.3, -0.25) is 0 Å². The predicted molar refractivity (Wildman–Crippen MR) is 71.4 cm³/mol. The number of hydrogen-bond donors (Lipinski definition) is 1. The molecule has 3 nitrogen and oxygen atoms in total. The SMILES string of the molecule is CNC1CCC(c2ccc3c(c2)OCCO3)C1C. The van der Waals surface area contributed by atoms with E-state index in [0.29, 0.717) is 31.1 Å². The van der Waals surface area contributed by atoms with Gasteiger partial charge in [0.15, 0.2) is 11.5 Å². The number of nitrogens with one attached hydrogen (secondary N) is 1. The minimum atomic E-state index is 0.637. The number of fused-ring (bicyclic) bond motifs is 1. The molecule has 1 aromatic rings. The van der Waals surface area contributed by atoms with E-state index in [-0.39, 0.29) is 0 Å². The molecule has 1 aromatic carbocycles. The largest absolute Gasteiger partial charge is 0.486 e. The summed E-state index contributed by atoms with van der Waals surface area (Å²) in [5.74, 6) is 3.12. The Morgan fingerprint density at radius 3 is 2.61 bits per heavy atom. The molecule has 0 saturated heterocycles. The predicted octanol–water partition coefficient (Wildman–Crippen LogP) is 2.56. The number of benzene rings is 1. The summed E-state index contributed by atoms with van der Waals surface area (Å²) in [5, 5.41) is 3.42. The van der Waals surface area contributed by atoms with Gasteiger partial charge in [-0.25, -0.2) is 0 Å². The van der Waals surface area contributed by atoms with Gasteiger partial charge in [0, 0.05) is 6.04 Å². The van der Waals surface area contributed by atoms with Gasteiger partial charge in [-0.2, -0.15) is 0 Å². The first kappa shape index (κ1) is 11.8. The van der Waals surface area contributed by atoms with Crippen molar-refractivity contribution in [2.24, 2.45) is 5.92 Å². The summed E-state index contributed by atoms with van der Waals surface area (Å²) in [6.07, 6.45) is 2.52. The van der Waals surface area contributed by atoms with Crippen molar-refractivity contribution in [1.82, 2.24) is 5.32 Å². The monoisotopic (exact) mass is 247 g/mol. The lowest BCUT2D eigenvalue weighted by molar-refractivity contribution is 0.171. The van der Waals surface area contributed by atoms with Gasteiger partial charge in [-0.05, 0) is 49.4 Å². The van der Waals surface area contributed by atoms with Gasteiger partial charge in [0.1, 0.15) is 13.2 Å². The maximum Gasteiger partial charge on any atom is 0.161 e. The average Bonchev–Trinajstić information content (AvgIpc) is 2.79. The molecule has 0 bridgehead atoms. The fourth-order valence-electron chi connectivity index (χ4n) is 3.33. The summed E-state index contributed by atoms with van der Waals surface area (Å²) in [6.45, 7) is 3.67. The van der Waals surface area contributed by atoms with Gasteiger partial charge in [0.2, 0.25) is 0 Å². The van der Waals surface area contributed by atoms with Crippen molar-refractivity contribution in [2.45, 2.75) is 31.7 Å². The van der Waals surface area contributed by atoms with Crippen molar-refractivity contribution in [2.75, 3.05) is 20.3 Å². The molecule has 3 unspecified atom stereocenters. The first-order chi connectivity index (χ1) is 8.79. The summed E-state index contributed by atoms with van der Waals surface area (Å²) in [6, 6.07) is 7.08. The van der Waals surface area contributed by atoms with E-state index in [9.17, 15) is 0 Å². The Hall–Kier alpha value is -1.22. The molecule has 2 aliphatic rings. The van der Waals surface area contributed by atoms with Crippen LogP contribution < -0.4 is 14.8 Å². The van der Waals surface area contributed by atoms with Crippen molar-refractivity contribution in [3.63, 3.8) is 0 Å². The summed E-state index contributed by atoms with van der Waals surface area (Å²) in [4.78, 5) is 0. The first-order valence-corrected chi connectivity index (χ1v) is 6.86. The van der Waals surface area contributed by atoms with Crippen molar-refractivity contribution in [3.05, 3.63) is 23.8 Å². The minimum absolute atomic E-state index is 0.637. The molecule has 1 fully saturated rings. The highest BCUT2D eigenvalue weighted by Gasteiger charge is 2.33. The van der Waals surface area contributed by atoms with Gasteiger partial charge in [0.05, 0.1) is 0 Å². The molecule has 98 valence electrons. The highest BCUT2D eigenvalue weighted by Crippen LogP contribution is 2.42. The molecule has 1 heterocycles. The number of rotatable bonds is 2. The molecule has 0 radical (unpaired) electrons. The number of hydrogen-bond acceptors (Lipinski definition) is 3. The first-order valence-electron chi connectivity index (χ1n) is 6.86. The molecule has 3 rings (SSSR count). The van der Waals surface area contributed by atoms with Crippen molar-refractivity contribution in [1.29, 1.82) is 0 Å². The van der Waals surface area contributed by atoms with Crippen LogP contribution in [0.5, 0.6) is 11.5 Å². The van der Waals surface area contributed by atoms with Crippen LogP contribution in [0.2, 0.25) is 0 Å². The van der Waals surface area contributed by atoms with E-state index in [1.165, 1.54) is 18.4 Å². The third-order valence-electron chi connectivity index (χ3n) is 4.42. The molecule has 1 aliphatic carbocycles. The summed E-state index contributed by atoms with van der Waals surface area (Å²) in [7, 11) is 2.06. The molecule has 0 spiro atoms. The Balaban J connectivity index is 1.84. The van der Waals surface area contributed by atoms with E-state index in [0.717, 1.165) is 11.5 Å². The van der Waals surface area contributed by atoms with Crippen LogP contribution in [0.3, 0.4) is 0 Å². The minimum Gasteiger partial charge on any atom is -0.486 e. The maximum atomic E-state index is 5.67. The molecule has 18 heavy (non-hydrogen) atoms. The van der Waals surface area contributed by atoms with Crippen LogP contribution in [0.1, 0.15) is 31.2 Å². The van der Waals surface area contributed by atoms with Crippen LogP contribution >= 0.6 is 0 Å². The van der Waals surface area contributed by atoms with E-state index in [1.807, 2.05) is 0 Å².